The van der Waals surface area contributed by atoms with Crippen molar-refractivity contribution in [2.45, 2.75) is 19.1 Å². The van der Waals surface area contributed by atoms with Gasteiger partial charge in [-0.15, -0.1) is 0 Å². The predicted octanol–water partition coefficient (Wildman–Crippen LogP) is 4.64. The molecule has 0 saturated heterocycles. The molecule has 1 N–H and O–H groups in total. The van der Waals surface area contributed by atoms with Crippen molar-refractivity contribution in [3.8, 4) is 17.2 Å². The largest absolute Gasteiger partial charge is 0.493 e. The first kappa shape index (κ1) is 20.3. The zero-order valence-electron chi connectivity index (χ0n) is 18.8. The molecule has 2 aliphatic rings. The maximum Gasteiger partial charge on any atom is 0.226 e. The molecule has 8 nitrogen and oxygen atoms in total. The predicted molar refractivity (Wildman–Crippen MR) is 127 cm³/mol. The van der Waals surface area contributed by atoms with E-state index in [1.807, 2.05) is 60.3 Å². The summed E-state index contributed by atoms with van der Waals surface area (Å²) in [7, 11) is 1.64. The smallest absolute Gasteiger partial charge is 0.226 e. The number of anilines is 1. The topological polar surface area (TPSA) is 83.3 Å². The van der Waals surface area contributed by atoms with Crippen molar-refractivity contribution < 1.29 is 14.2 Å². The van der Waals surface area contributed by atoms with Gasteiger partial charge in [0.25, 0.3) is 0 Å². The van der Waals surface area contributed by atoms with Gasteiger partial charge in [0.2, 0.25) is 5.95 Å². The van der Waals surface area contributed by atoms with Crippen molar-refractivity contribution in [3.63, 3.8) is 0 Å². The Kier molecular flexibility index (Phi) is 4.91. The number of rotatable bonds is 5. The number of aromatic nitrogens is 4. The molecule has 0 fully saturated rings. The summed E-state index contributed by atoms with van der Waals surface area (Å²) in [5, 5.41) is 8.05. The highest BCUT2D eigenvalue weighted by molar-refractivity contribution is 5.85. The number of methoxy groups -OCH3 is 1. The second kappa shape index (κ2) is 8.22. The van der Waals surface area contributed by atoms with E-state index in [-0.39, 0.29) is 6.04 Å². The van der Waals surface area contributed by atoms with Crippen LogP contribution in [0.2, 0.25) is 0 Å². The fourth-order valence-electron chi connectivity index (χ4n) is 4.67. The molecule has 0 spiro atoms. The van der Waals surface area contributed by atoms with Gasteiger partial charge in [-0.05, 0) is 42.8 Å². The number of nitrogens with one attached hydrogen (secondary N) is 1. The van der Waals surface area contributed by atoms with Crippen molar-refractivity contribution in [2.24, 2.45) is 0 Å². The maximum atomic E-state index is 6.65. The standard InChI is InChI=1S/C26H23N5O3/c1-3-33-20-11-10-16(13-21(20)32-2)25-22-23(18-8-4-5-9-19(18)34-25)30-26-28-15-29-31(26)24(22)17-7-6-12-27-14-17/h4-15,24-25H,3H2,1-2H3,(H,28,29,30)/t24-,25+/m1/s1. The summed E-state index contributed by atoms with van der Waals surface area (Å²) in [6.45, 7) is 2.51. The lowest BCUT2D eigenvalue weighted by Gasteiger charge is -2.38. The zero-order chi connectivity index (χ0) is 23.1. The van der Waals surface area contributed by atoms with Gasteiger partial charge in [-0.1, -0.05) is 24.3 Å². The van der Waals surface area contributed by atoms with Crippen LogP contribution < -0.4 is 19.5 Å². The van der Waals surface area contributed by atoms with Crippen LogP contribution in [0.4, 0.5) is 5.95 Å². The molecule has 34 heavy (non-hydrogen) atoms. The van der Waals surface area contributed by atoms with Crippen molar-refractivity contribution in [1.29, 1.82) is 0 Å². The average Bonchev–Trinajstić information content (AvgIpc) is 3.36. The van der Waals surface area contributed by atoms with E-state index in [4.69, 9.17) is 14.2 Å². The third-order valence-corrected chi connectivity index (χ3v) is 6.11. The monoisotopic (exact) mass is 453 g/mol. The van der Waals surface area contributed by atoms with Crippen molar-refractivity contribution in [1.82, 2.24) is 19.7 Å². The van der Waals surface area contributed by atoms with E-state index in [1.165, 1.54) is 0 Å². The van der Waals surface area contributed by atoms with E-state index < -0.39 is 6.10 Å². The fourth-order valence-corrected chi connectivity index (χ4v) is 4.67. The second-order valence-corrected chi connectivity index (χ2v) is 8.01. The Morgan fingerprint density at radius 3 is 2.79 bits per heavy atom. The highest BCUT2D eigenvalue weighted by atomic mass is 16.5. The molecular weight excluding hydrogens is 430 g/mol. The van der Waals surface area contributed by atoms with Crippen LogP contribution in [0.25, 0.3) is 5.70 Å². The van der Waals surface area contributed by atoms with Crippen LogP contribution in [-0.4, -0.2) is 33.5 Å². The Balaban J connectivity index is 1.58. The van der Waals surface area contributed by atoms with E-state index in [9.17, 15) is 0 Å². The van der Waals surface area contributed by atoms with Crippen LogP contribution in [0.3, 0.4) is 0 Å². The first-order valence-electron chi connectivity index (χ1n) is 11.2. The summed E-state index contributed by atoms with van der Waals surface area (Å²) in [6.07, 6.45) is 4.79. The molecule has 0 aliphatic carbocycles. The molecule has 170 valence electrons. The van der Waals surface area contributed by atoms with E-state index >= 15 is 0 Å². The first-order valence-corrected chi connectivity index (χ1v) is 11.2. The molecule has 0 saturated carbocycles. The third kappa shape index (κ3) is 3.18. The Hall–Kier alpha value is -4.33. The molecule has 6 rings (SSSR count). The van der Waals surface area contributed by atoms with Gasteiger partial charge in [-0.3, -0.25) is 4.98 Å². The number of benzene rings is 2. The van der Waals surface area contributed by atoms with Gasteiger partial charge in [0.1, 0.15) is 24.2 Å². The summed E-state index contributed by atoms with van der Waals surface area (Å²) in [5.41, 5.74) is 4.91. The summed E-state index contributed by atoms with van der Waals surface area (Å²) >= 11 is 0. The quantitative estimate of drug-likeness (QED) is 0.471. The van der Waals surface area contributed by atoms with Crippen LogP contribution in [-0.2, 0) is 0 Å². The molecule has 2 atom stereocenters. The Morgan fingerprint density at radius 2 is 1.97 bits per heavy atom. The zero-order valence-corrected chi connectivity index (χ0v) is 18.8. The minimum absolute atomic E-state index is 0.252. The van der Waals surface area contributed by atoms with Crippen molar-refractivity contribution in [2.75, 3.05) is 19.0 Å². The van der Waals surface area contributed by atoms with E-state index in [0.29, 0.717) is 24.1 Å². The van der Waals surface area contributed by atoms with E-state index in [2.05, 4.69) is 32.5 Å². The molecule has 2 aromatic heterocycles. The van der Waals surface area contributed by atoms with Gasteiger partial charge >= 0.3 is 0 Å². The lowest BCUT2D eigenvalue weighted by atomic mass is 9.85. The van der Waals surface area contributed by atoms with Gasteiger partial charge < -0.3 is 19.5 Å². The van der Waals surface area contributed by atoms with Crippen LogP contribution in [0, 0.1) is 0 Å². The molecular formula is C26H23N5O3. The summed E-state index contributed by atoms with van der Waals surface area (Å²) < 4.78 is 19.9. The molecule has 4 aromatic rings. The molecule has 2 aromatic carbocycles. The van der Waals surface area contributed by atoms with Crippen LogP contribution >= 0.6 is 0 Å². The van der Waals surface area contributed by atoms with Crippen LogP contribution in [0.5, 0.6) is 17.2 Å². The van der Waals surface area contributed by atoms with Gasteiger partial charge in [-0.2, -0.15) is 10.1 Å². The number of nitrogens with zero attached hydrogens (tertiary/aromatic N) is 4. The average molecular weight is 454 g/mol. The Bertz CT molecular complexity index is 1380. The summed E-state index contributed by atoms with van der Waals surface area (Å²) in [5.74, 6) is 2.83. The third-order valence-electron chi connectivity index (χ3n) is 6.11. The molecule has 0 unspecified atom stereocenters. The number of fused-ring (bicyclic) bond motifs is 3. The molecule has 2 aliphatic heterocycles. The fraction of sp³-hybridized carbons (Fsp3) is 0.192. The number of pyridine rings is 1. The SMILES string of the molecule is CCOc1ccc([C@@H]2Oc3ccccc3C3=C2[C@@H](c2cccnc2)n2ncnc2N3)cc1OC. The van der Waals surface area contributed by atoms with Crippen molar-refractivity contribution >= 4 is 11.6 Å². The minimum Gasteiger partial charge on any atom is -0.493 e. The van der Waals surface area contributed by atoms with Gasteiger partial charge in [0, 0.05) is 29.1 Å². The molecule has 0 radical (unpaired) electrons. The van der Waals surface area contributed by atoms with Crippen molar-refractivity contribution in [3.05, 3.63) is 95.6 Å². The first-order chi connectivity index (χ1) is 16.8. The highest BCUT2D eigenvalue weighted by Crippen LogP contribution is 2.51. The van der Waals surface area contributed by atoms with Gasteiger partial charge in [0.15, 0.2) is 11.5 Å². The number of para-hydroxylation sites is 1. The number of ether oxygens (including phenoxy) is 3. The second-order valence-electron chi connectivity index (χ2n) is 8.01. The summed E-state index contributed by atoms with van der Waals surface area (Å²) in [4.78, 5) is 8.84. The lowest BCUT2D eigenvalue weighted by Crippen LogP contribution is -2.32. The van der Waals surface area contributed by atoms with Crippen LogP contribution in [0.1, 0.15) is 35.8 Å². The minimum atomic E-state index is -0.399. The Morgan fingerprint density at radius 1 is 1.06 bits per heavy atom. The van der Waals surface area contributed by atoms with Gasteiger partial charge in [-0.25, -0.2) is 4.68 Å². The normalized spacial score (nSPS) is 18.2. The van der Waals surface area contributed by atoms with Gasteiger partial charge in [0.05, 0.1) is 19.4 Å². The van der Waals surface area contributed by atoms with Crippen LogP contribution in [0.15, 0.2) is 78.9 Å². The van der Waals surface area contributed by atoms with E-state index in [0.717, 1.165) is 33.7 Å². The number of hydrogen-bond donors (Lipinski definition) is 1. The maximum absolute atomic E-state index is 6.65. The highest BCUT2D eigenvalue weighted by Gasteiger charge is 2.41. The summed E-state index contributed by atoms with van der Waals surface area (Å²) in [6, 6.07) is 17.7. The Labute approximate surface area is 196 Å². The molecule has 4 heterocycles. The molecule has 0 amide bonds. The van der Waals surface area contributed by atoms with E-state index in [1.54, 1.807) is 19.6 Å². The molecule has 0 bridgehead atoms. The molecule has 8 heteroatoms. The lowest BCUT2D eigenvalue weighted by molar-refractivity contribution is 0.222. The number of hydrogen-bond acceptors (Lipinski definition) is 7.